The van der Waals surface area contributed by atoms with Crippen LogP contribution in [0.1, 0.15) is 39.0 Å². The molecular weight excluding hydrogens is 150 g/mol. The number of rotatable bonds is 1. The molecule has 2 fully saturated rings. The van der Waals surface area contributed by atoms with Gasteiger partial charge in [0.1, 0.15) is 0 Å². The predicted octanol–water partition coefficient (Wildman–Crippen LogP) is 1.39. The molecule has 1 saturated heterocycles. The van der Waals surface area contributed by atoms with Crippen molar-refractivity contribution in [3.05, 3.63) is 0 Å². The number of hydrogen-bond acceptors (Lipinski definition) is 2. The lowest BCUT2D eigenvalue weighted by atomic mass is 9.80. The van der Waals surface area contributed by atoms with Crippen LogP contribution in [-0.2, 0) is 0 Å². The number of hydrogen-bond donors (Lipinski definition) is 1. The van der Waals surface area contributed by atoms with Crippen LogP contribution in [0.25, 0.3) is 0 Å². The lowest BCUT2D eigenvalue weighted by Crippen LogP contribution is -2.61. The summed E-state index contributed by atoms with van der Waals surface area (Å²) in [7, 11) is 0. The van der Waals surface area contributed by atoms with Crippen molar-refractivity contribution in [1.82, 2.24) is 4.90 Å². The third kappa shape index (κ3) is 1.38. The standard InChI is InChI=1S/C10H19NO/c1-10(5-3-2-4-6-10)11-7-9(12)8-11/h9,12H,2-8H2,1H3. The normalized spacial score (nSPS) is 31.5. The maximum absolute atomic E-state index is 9.22. The highest BCUT2D eigenvalue weighted by Crippen LogP contribution is 2.35. The summed E-state index contributed by atoms with van der Waals surface area (Å²) in [6, 6.07) is 0. The molecule has 70 valence electrons. The predicted molar refractivity (Wildman–Crippen MR) is 49.1 cm³/mol. The van der Waals surface area contributed by atoms with E-state index in [9.17, 15) is 5.11 Å². The Bertz CT molecular complexity index is 157. The Morgan fingerprint density at radius 1 is 1.17 bits per heavy atom. The molecule has 1 aliphatic heterocycles. The van der Waals surface area contributed by atoms with Gasteiger partial charge in [0.25, 0.3) is 0 Å². The average molecular weight is 169 g/mol. The van der Waals surface area contributed by atoms with Crippen molar-refractivity contribution in [2.75, 3.05) is 13.1 Å². The van der Waals surface area contributed by atoms with Gasteiger partial charge in [-0.15, -0.1) is 0 Å². The van der Waals surface area contributed by atoms with Gasteiger partial charge in [-0.1, -0.05) is 19.3 Å². The Hall–Kier alpha value is -0.0800. The van der Waals surface area contributed by atoms with E-state index in [1.54, 1.807) is 0 Å². The Kier molecular flexibility index (Phi) is 2.13. The molecule has 2 nitrogen and oxygen atoms in total. The monoisotopic (exact) mass is 169 g/mol. The SMILES string of the molecule is CC1(N2CC(O)C2)CCCCC1. The summed E-state index contributed by atoms with van der Waals surface area (Å²) in [4.78, 5) is 2.46. The summed E-state index contributed by atoms with van der Waals surface area (Å²) in [5.41, 5.74) is 0.428. The first-order valence-corrected chi connectivity index (χ1v) is 5.14. The van der Waals surface area contributed by atoms with E-state index in [0.29, 0.717) is 5.54 Å². The highest BCUT2D eigenvalue weighted by molar-refractivity contribution is 4.95. The molecule has 2 heteroatoms. The fourth-order valence-electron chi connectivity index (χ4n) is 2.53. The zero-order chi connectivity index (χ0) is 8.60. The van der Waals surface area contributed by atoms with Crippen molar-refractivity contribution < 1.29 is 5.11 Å². The fourth-order valence-corrected chi connectivity index (χ4v) is 2.53. The second kappa shape index (κ2) is 3.00. The summed E-state index contributed by atoms with van der Waals surface area (Å²) >= 11 is 0. The highest BCUT2D eigenvalue weighted by atomic mass is 16.3. The first-order chi connectivity index (χ1) is 5.71. The Morgan fingerprint density at radius 2 is 1.75 bits per heavy atom. The van der Waals surface area contributed by atoms with Gasteiger partial charge in [0, 0.05) is 18.6 Å². The van der Waals surface area contributed by atoms with Crippen LogP contribution in [0, 0.1) is 0 Å². The van der Waals surface area contributed by atoms with E-state index >= 15 is 0 Å². The van der Waals surface area contributed by atoms with Crippen molar-refractivity contribution in [2.45, 2.75) is 50.7 Å². The molecule has 12 heavy (non-hydrogen) atoms. The minimum Gasteiger partial charge on any atom is -0.390 e. The van der Waals surface area contributed by atoms with Crippen molar-refractivity contribution in [2.24, 2.45) is 0 Å². The largest absolute Gasteiger partial charge is 0.390 e. The van der Waals surface area contributed by atoms with Crippen LogP contribution < -0.4 is 0 Å². The van der Waals surface area contributed by atoms with Crippen molar-refractivity contribution >= 4 is 0 Å². The molecule has 1 heterocycles. The van der Waals surface area contributed by atoms with Crippen LogP contribution in [0.2, 0.25) is 0 Å². The zero-order valence-electron chi connectivity index (χ0n) is 7.92. The molecule has 1 N–H and O–H groups in total. The molecule has 0 aromatic carbocycles. The van der Waals surface area contributed by atoms with Gasteiger partial charge in [-0.2, -0.15) is 0 Å². The Labute approximate surface area is 74.6 Å². The van der Waals surface area contributed by atoms with Gasteiger partial charge >= 0.3 is 0 Å². The second-order valence-electron chi connectivity index (χ2n) is 4.62. The summed E-state index contributed by atoms with van der Waals surface area (Å²) in [5, 5.41) is 9.22. The maximum atomic E-state index is 9.22. The molecule has 0 radical (unpaired) electrons. The minimum absolute atomic E-state index is 0.0382. The van der Waals surface area contributed by atoms with E-state index in [2.05, 4.69) is 11.8 Å². The quantitative estimate of drug-likeness (QED) is 0.641. The zero-order valence-corrected chi connectivity index (χ0v) is 7.92. The van der Waals surface area contributed by atoms with E-state index in [0.717, 1.165) is 13.1 Å². The van der Waals surface area contributed by atoms with Crippen molar-refractivity contribution in [1.29, 1.82) is 0 Å². The van der Waals surface area contributed by atoms with Gasteiger partial charge in [0.2, 0.25) is 0 Å². The first-order valence-electron chi connectivity index (χ1n) is 5.14. The summed E-state index contributed by atoms with van der Waals surface area (Å²) in [6.45, 7) is 4.19. The number of aliphatic hydroxyl groups is 1. The topological polar surface area (TPSA) is 23.5 Å². The van der Waals surface area contributed by atoms with Crippen molar-refractivity contribution in [3.63, 3.8) is 0 Å². The lowest BCUT2D eigenvalue weighted by molar-refractivity contribution is -0.0737. The number of aliphatic hydroxyl groups excluding tert-OH is 1. The molecule has 0 atom stereocenters. The van der Waals surface area contributed by atoms with Gasteiger partial charge < -0.3 is 5.11 Å². The molecule has 0 aromatic rings. The summed E-state index contributed by atoms with van der Waals surface area (Å²) in [5.74, 6) is 0. The third-order valence-electron chi connectivity index (χ3n) is 3.56. The van der Waals surface area contributed by atoms with Gasteiger partial charge in [-0.3, -0.25) is 4.90 Å². The highest BCUT2D eigenvalue weighted by Gasteiger charge is 2.39. The third-order valence-corrected chi connectivity index (χ3v) is 3.56. The molecule has 0 unspecified atom stereocenters. The van der Waals surface area contributed by atoms with Crippen LogP contribution in [0.4, 0.5) is 0 Å². The summed E-state index contributed by atoms with van der Waals surface area (Å²) in [6.07, 6.45) is 6.79. The number of likely N-dealkylation sites (tertiary alicyclic amines) is 1. The first kappa shape index (κ1) is 8.52. The second-order valence-corrected chi connectivity index (χ2v) is 4.62. The Balaban J connectivity index is 1.91. The number of nitrogens with zero attached hydrogens (tertiary/aromatic N) is 1. The van der Waals surface area contributed by atoms with Crippen LogP contribution >= 0.6 is 0 Å². The molecule has 0 amide bonds. The van der Waals surface area contributed by atoms with Gasteiger partial charge in [0.05, 0.1) is 6.10 Å². The minimum atomic E-state index is -0.0382. The van der Waals surface area contributed by atoms with Crippen LogP contribution in [0.3, 0.4) is 0 Å². The van der Waals surface area contributed by atoms with Gasteiger partial charge in [-0.05, 0) is 19.8 Å². The molecule has 0 bridgehead atoms. The van der Waals surface area contributed by atoms with E-state index < -0.39 is 0 Å². The van der Waals surface area contributed by atoms with Gasteiger partial charge in [-0.25, -0.2) is 0 Å². The molecule has 2 aliphatic rings. The number of β-amino-alcohol motifs (C(OH)–C–C–N with tert-alkyl or cyclic N) is 1. The van der Waals surface area contributed by atoms with Gasteiger partial charge in [0.15, 0.2) is 0 Å². The molecule has 1 aliphatic carbocycles. The fraction of sp³-hybridized carbons (Fsp3) is 1.00. The smallest absolute Gasteiger partial charge is 0.0794 e. The maximum Gasteiger partial charge on any atom is 0.0794 e. The average Bonchev–Trinajstić information content (AvgIpc) is 2.00. The van der Waals surface area contributed by atoms with Crippen LogP contribution in [0.5, 0.6) is 0 Å². The summed E-state index contributed by atoms with van der Waals surface area (Å²) < 4.78 is 0. The van der Waals surface area contributed by atoms with Crippen molar-refractivity contribution in [3.8, 4) is 0 Å². The van der Waals surface area contributed by atoms with Crippen LogP contribution in [-0.4, -0.2) is 34.7 Å². The lowest BCUT2D eigenvalue weighted by Gasteiger charge is -2.51. The van der Waals surface area contributed by atoms with Crippen LogP contribution in [0.15, 0.2) is 0 Å². The van der Waals surface area contributed by atoms with E-state index in [4.69, 9.17) is 0 Å². The van der Waals surface area contributed by atoms with E-state index in [1.165, 1.54) is 32.1 Å². The molecule has 1 saturated carbocycles. The molecular formula is C10H19NO. The van der Waals surface area contributed by atoms with E-state index in [1.807, 2.05) is 0 Å². The molecule has 0 spiro atoms. The molecule has 2 rings (SSSR count). The molecule has 0 aromatic heterocycles. The van der Waals surface area contributed by atoms with E-state index in [-0.39, 0.29) is 6.10 Å². The Morgan fingerprint density at radius 3 is 2.25 bits per heavy atom.